The Bertz CT molecular complexity index is 894. The van der Waals surface area contributed by atoms with E-state index in [9.17, 15) is 4.79 Å². The minimum Gasteiger partial charge on any atom is -0.454 e. The van der Waals surface area contributed by atoms with Crippen LogP contribution in [0, 0.1) is 6.92 Å². The zero-order chi connectivity index (χ0) is 16.7. The zero-order valence-electron chi connectivity index (χ0n) is 12.8. The second kappa shape index (κ2) is 5.83. The molecule has 0 fully saturated rings. The number of fused-ring (bicyclic) bond motifs is 1. The molecule has 24 heavy (non-hydrogen) atoms. The fourth-order valence-electron chi connectivity index (χ4n) is 2.56. The summed E-state index contributed by atoms with van der Waals surface area (Å²) in [4.78, 5) is 12.2. The van der Waals surface area contributed by atoms with Gasteiger partial charge in [0.15, 0.2) is 11.5 Å². The zero-order valence-corrected chi connectivity index (χ0v) is 14.4. The fourth-order valence-corrected chi connectivity index (χ4v) is 3.00. The summed E-state index contributed by atoms with van der Waals surface area (Å²) in [5, 5.41) is 0. The number of halogens is 1. The molecule has 0 bridgehead atoms. The second-order valence-corrected chi connectivity index (χ2v) is 6.45. The van der Waals surface area contributed by atoms with E-state index in [1.54, 1.807) is 12.2 Å². The van der Waals surface area contributed by atoms with Crippen molar-refractivity contribution in [1.82, 2.24) is 0 Å². The summed E-state index contributed by atoms with van der Waals surface area (Å²) in [5.74, 6) is 1.55. The Morgan fingerprint density at radius 2 is 1.79 bits per heavy atom. The number of esters is 1. The third-order valence-corrected chi connectivity index (χ3v) is 4.55. The first-order valence-electron chi connectivity index (χ1n) is 7.42. The van der Waals surface area contributed by atoms with Crippen molar-refractivity contribution in [3.05, 3.63) is 69.2 Å². The topological polar surface area (TPSA) is 44.8 Å². The Kier molecular flexibility index (Phi) is 3.65. The molecule has 4 nitrogen and oxygen atoms in total. The lowest BCUT2D eigenvalue weighted by Crippen LogP contribution is -1.97. The highest BCUT2D eigenvalue weighted by molar-refractivity contribution is 9.10. The Balaban J connectivity index is 1.70. The molecule has 0 atom stereocenters. The average Bonchev–Trinajstić information content (AvgIpc) is 3.15. The predicted octanol–water partition coefficient (Wildman–Crippen LogP) is 4.47. The third kappa shape index (κ3) is 2.71. The summed E-state index contributed by atoms with van der Waals surface area (Å²) in [6, 6.07) is 11.5. The van der Waals surface area contributed by atoms with Crippen molar-refractivity contribution < 1.29 is 19.0 Å². The lowest BCUT2D eigenvalue weighted by atomic mass is 10.1. The van der Waals surface area contributed by atoms with E-state index in [2.05, 4.69) is 15.9 Å². The molecule has 0 spiro atoms. The second-order valence-electron chi connectivity index (χ2n) is 5.59. The van der Waals surface area contributed by atoms with Crippen LogP contribution in [0.3, 0.4) is 0 Å². The van der Waals surface area contributed by atoms with Gasteiger partial charge in [-0.2, -0.15) is 0 Å². The molecule has 0 aromatic heterocycles. The van der Waals surface area contributed by atoms with Gasteiger partial charge in [0.1, 0.15) is 5.76 Å². The lowest BCUT2D eigenvalue weighted by molar-refractivity contribution is -0.130. The number of benzene rings is 2. The minimum atomic E-state index is -0.366. The Morgan fingerprint density at radius 3 is 2.54 bits per heavy atom. The molecule has 5 heteroatoms. The highest BCUT2D eigenvalue weighted by Gasteiger charge is 2.23. The molecular formula is C19H13BrO4. The van der Waals surface area contributed by atoms with E-state index in [0.29, 0.717) is 22.8 Å². The smallest absolute Gasteiger partial charge is 0.343 e. The van der Waals surface area contributed by atoms with Gasteiger partial charge in [-0.05, 0) is 36.8 Å². The quantitative estimate of drug-likeness (QED) is 0.566. The summed E-state index contributed by atoms with van der Waals surface area (Å²) in [6.45, 7) is 2.22. The molecule has 0 saturated heterocycles. The number of ether oxygens (including phenoxy) is 3. The maximum absolute atomic E-state index is 12.2. The maximum atomic E-state index is 12.2. The van der Waals surface area contributed by atoms with Crippen molar-refractivity contribution in [2.24, 2.45) is 0 Å². The van der Waals surface area contributed by atoms with Crippen molar-refractivity contribution in [3.8, 4) is 11.5 Å². The van der Waals surface area contributed by atoms with Crippen LogP contribution in [0.25, 0.3) is 11.8 Å². The fraction of sp³-hybridized carbons (Fsp3) is 0.105. The summed E-state index contributed by atoms with van der Waals surface area (Å²) in [6.07, 6.45) is 3.53. The Labute approximate surface area is 147 Å². The van der Waals surface area contributed by atoms with Crippen molar-refractivity contribution in [2.75, 3.05) is 6.79 Å². The molecule has 120 valence electrons. The number of rotatable bonds is 2. The number of carbonyl (C=O) groups excluding carboxylic acids is 1. The van der Waals surface area contributed by atoms with Gasteiger partial charge in [-0.25, -0.2) is 4.79 Å². The van der Waals surface area contributed by atoms with E-state index in [1.807, 2.05) is 43.3 Å². The van der Waals surface area contributed by atoms with Crippen LogP contribution in [-0.4, -0.2) is 12.8 Å². The van der Waals surface area contributed by atoms with Crippen molar-refractivity contribution in [1.29, 1.82) is 0 Å². The van der Waals surface area contributed by atoms with Crippen LogP contribution in [0.5, 0.6) is 11.5 Å². The number of carbonyl (C=O) groups is 1. The molecule has 2 heterocycles. The standard InChI is InChI=1S/C19H13BrO4/c1-11-2-4-12(5-3-11)16-8-14(19(21)24-16)6-13-7-17-18(9-15(13)20)23-10-22-17/h2-9H,10H2,1H3/b14-6+. The number of cyclic esters (lactones) is 1. The molecule has 2 aliphatic heterocycles. The van der Waals surface area contributed by atoms with Gasteiger partial charge < -0.3 is 14.2 Å². The Morgan fingerprint density at radius 1 is 1.08 bits per heavy atom. The van der Waals surface area contributed by atoms with E-state index in [1.165, 1.54) is 0 Å². The molecule has 0 amide bonds. The van der Waals surface area contributed by atoms with Gasteiger partial charge in [-0.1, -0.05) is 45.8 Å². The van der Waals surface area contributed by atoms with Gasteiger partial charge in [-0.15, -0.1) is 0 Å². The minimum absolute atomic E-state index is 0.210. The molecule has 0 aliphatic carbocycles. The molecule has 0 saturated carbocycles. The molecule has 2 aromatic carbocycles. The molecule has 2 aromatic rings. The Hall–Kier alpha value is -2.53. The van der Waals surface area contributed by atoms with Gasteiger partial charge in [0.2, 0.25) is 6.79 Å². The van der Waals surface area contributed by atoms with E-state index in [-0.39, 0.29) is 12.8 Å². The van der Waals surface area contributed by atoms with Gasteiger partial charge in [0.05, 0.1) is 5.57 Å². The summed E-state index contributed by atoms with van der Waals surface area (Å²) in [5.41, 5.74) is 3.35. The summed E-state index contributed by atoms with van der Waals surface area (Å²) in [7, 11) is 0. The van der Waals surface area contributed by atoms with E-state index < -0.39 is 0 Å². The number of hydrogen-bond donors (Lipinski definition) is 0. The SMILES string of the molecule is Cc1ccc(C2=C/C(=C\c3cc4c(cc3Br)OCO4)C(=O)O2)cc1. The van der Waals surface area contributed by atoms with E-state index in [0.717, 1.165) is 21.2 Å². The van der Waals surface area contributed by atoms with Gasteiger partial charge in [0.25, 0.3) is 0 Å². The first-order valence-corrected chi connectivity index (χ1v) is 8.21. The normalized spacial score (nSPS) is 17.2. The molecule has 4 rings (SSSR count). The lowest BCUT2D eigenvalue weighted by Gasteiger charge is -2.02. The van der Waals surface area contributed by atoms with Crippen LogP contribution < -0.4 is 9.47 Å². The van der Waals surface area contributed by atoms with Crippen molar-refractivity contribution >= 4 is 33.7 Å². The van der Waals surface area contributed by atoms with Gasteiger partial charge >= 0.3 is 5.97 Å². The highest BCUT2D eigenvalue weighted by atomic mass is 79.9. The van der Waals surface area contributed by atoms with Crippen LogP contribution in [0.2, 0.25) is 0 Å². The highest BCUT2D eigenvalue weighted by Crippen LogP contribution is 2.38. The van der Waals surface area contributed by atoms with Crippen LogP contribution >= 0.6 is 15.9 Å². The third-order valence-electron chi connectivity index (χ3n) is 3.86. The van der Waals surface area contributed by atoms with Crippen LogP contribution in [-0.2, 0) is 9.53 Å². The molecule has 0 N–H and O–H groups in total. The largest absolute Gasteiger partial charge is 0.454 e. The molecule has 0 radical (unpaired) electrons. The van der Waals surface area contributed by atoms with Crippen molar-refractivity contribution in [3.63, 3.8) is 0 Å². The number of hydrogen-bond acceptors (Lipinski definition) is 4. The maximum Gasteiger partial charge on any atom is 0.343 e. The first kappa shape index (κ1) is 15.0. The van der Waals surface area contributed by atoms with Crippen LogP contribution in [0.15, 0.2) is 52.5 Å². The molecular weight excluding hydrogens is 372 g/mol. The van der Waals surface area contributed by atoms with Crippen LogP contribution in [0.4, 0.5) is 0 Å². The summed E-state index contributed by atoms with van der Waals surface area (Å²) >= 11 is 3.49. The predicted molar refractivity (Wildman–Crippen MR) is 93.5 cm³/mol. The summed E-state index contributed by atoms with van der Waals surface area (Å²) < 4.78 is 16.9. The van der Waals surface area contributed by atoms with E-state index in [4.69, 9.17) is 14.2 Å². The number of aryl methyl sites for hydroxylation is 1. The molecule has 0 unspecified atom stereocenters. The molecule has 2 aliphatic rings. The van der Waals surface area contributed by atoms with Gasteiger partial charge in [0, 0.05) is 10.0 Å². The van der Waals surface area contributed by atoms with Crippen LogP contribution in [0.1, 0.15) is 16.7 Å². The van der Waals surface area contributed by atoms with Crippen molar-refractivity contribution in [2.45, 2.75) is 6.92 Å². The van der Waals surface area contributed by atoms with Gasteiger partial charge in [-0.3, -0.25) is 0 Å². The van der Waals surface area contributed by atoms with E-state index >= 15 is 0 Å². The average molecular weight is 385 g/mol. The monoisotopic (exact) mass is 384 g/mol. The first-order chi connectivity index (χ1) is 11.6.